The van der Waals surface area contributed by atoms with Gasteiger partial charge in [-0.2, -0.15) is 0 Å². The number of nitrogens with two attached hydrogens (primary N) is 1. The van der Waals surface area contributed by atoms with Crippen molar-refractivity contribution in [1.82, 2.24) is 20.2 Å². The molecule has 0 atom stereocenters. The summed E-state index contributed by atoms with van der Waals surface area (Å²) in [6.07, 6.45) is 2.46. The van der Waals surface area contributed by atoms with Crippen LogP contribution in [0.2, 0.25) is 0 Å². The zero-order valence-electron chi connectivity index (χ0n) is 6.86. The van der Waals surface area contributed by atoms with Crippen molar-refractivity contribution in [3.63, 3.8) is 0 Å². The first kappa shape index (κ1) is 8.13. The van der Waals surface area contributed by atoms with E-state index in [1.54, 1.807) is 11.0 Å². The Morgan fingerprint density at radius 1 is 1.55 bits per heavy atom. The lowest BCUT2D eigenvalue weighted by molar-refractivity contribution is 0.416. The molecule has 1 aromatic heterocycles. The highest BCUT2D eigenvalue weighted by atomic mass is 15.5. The molecular formula is C6H13N5. The second-order valence-electron chi connectivity index (χ2n) is 3.31. The van der Waals surface area contributed by atoms with E-state index in [1.165, 1.54) is 0 Å². The summed E-state index contributed by atoms with van der Waals surface area (Å²) in [6, 6.07) is 0. The molecule has 0 aliphatic rings. The fraction of sp³-hybridized carbons (Fsp3) is 0.833. The van der Waals surface area contributed by atoms with Gasteiger partial charge in [-0.05, 0) is 30.7 Å². The van der Waals surface area contributed by atoms with Crippen LogP contribution in [0.5, 0.6) is 0 Å². The predicted octanol–water partition coefficient (Wildman–Crippen LogP) is -0.200. The molecule has 0 aliphatic carbocycles. The van der Waals surface area contributed by atoms with Crippen molar-refractivity contribution in [2.45, 2.75) is 32.4 Å². The fourth-order valence-electron chi connectivity index (χ4n) is 0.685. The van der Waals surface area contributed by atoms with Gasteiger partial charge in [0.2, 0.25) is 0 Å². The van der Waals surface area contributed by atoms with E-state index in [-0.39, 0.29) is 5.54 Å². The molecule has 5 heteroatoms. The van der Waals surface area contributed by atoms with E-state index in [9.17, 15) is 0 Å². The Morgan fingerprint density at radius 2 is 2.27 bits per heavy atom. The molecule has 0 spiro atoms. The standard InChI is InChI=1S/C6H13N5/c1-6(2,7)3-4-11-5-8-9-10-11/h5H,3-4,7H2,1-2H3. The van der Waals surface area contributed by atoms with Crippen LogP contribution in [0, 0.1) is 0 Å². The van der Waals surface area contributed by atoms with Gasteiger partial charge in [0.15, 0.2) is 0 Å². The first-order valence-electron chi connectivity index (χ1n) is 3.57. The molecule has 0 aromatic carbocycles. The molecule has 11 heavy (non-hydrogen) atoms. The van der Waals surface area contributed by atoms with Crippen molar-refractivity contribution in [3.8, 4) is 0 Å². The number of nitrogens with zero attached hydrogens (tertiary/aromatic N) is 4. The molecule has 1 rings (SSSR count). The van der Waals surface area contributed by atoms with Crippen LogP contribution in [-0.4, -0.2) is 25.7 Å². The van der Waals surface area contributed by atoms with Gasteiger partial charge in [-0.3, -0.25) is 0 Å². The maximum absolute atomic E-state index is 5.77. The Bertz CT molecular complexity index is 197. The normalized spacial score (nSPS) is 11.9. The minimum absolute atomic E-state index is 0.147. The van der Waals surface area contributed by atoms with Gasteiger partial charge in [-0.15, -0.1) is 5.10 Å². The van der Waals surface area contributed by atoms with Crippen molar-refractivity contribution >= 4 is 0 Å². The van der Waals surface area contributed by atoms with Gasteiger partial charge >= 0.3 is 0 Å². The third-order valence-electron chi connectivity index (χ3n) is 1.38. The van der Waals surface area contributed by atoms with Crippen LogP contribution in [0.1, 0.15) is 20.3 Å². The smallest absolute Gasteiger partial charge is 0.138 e. The topological polar surface area (TPSA) is 69.6 Å². The first-order valence-corrected chi connectivity index (χ1v) is 3.57. The summed E-state index contributed by atoms with van der Waals surface area (Å²) in [5.41, 5.74) is 5.62. The summed E-state index contributed by atoms with van der Waals surface area (Å²) in [7, 11) is 0. The molecule has 0 amide bonds. The van der Waals surface area contributed by atoms with Crippen LogP contribution >= 0.6 is 0 Å². The zero-order valence-corrected chi connectivity index (χ0v) is 6.86. The lowest BCUT2D eigenvalue weighted by Gasteiger charge is -2.17. The van der Waals surface area contributed by atoms with E-state index >= 15 is 0 Å². The van der Waals surface area contributed by atoms with Crippen LogP contribution in [0.25, 0.3) is 0 Å². The Morgan fingerprint density at radius 3 is 2.73 bits per heavy atom. The molecule has 62 valence electrons. The second-order valence-corrected chi connectivity index (χ2v) is 3.31. The zero-order chi connectivity index (χ0) is 8.32. The average molecular weight is 155 g/mol. The van der Waals surface area contributed by atoms with Crippen LogP contribution in [0.3, 0.4) is 0 Å². The van der Waals surface area contributed by atoms with Crippen molar-refractivity contribution in [1.29, 1.82) is 0 Å². The van der Waals surface area contributed by atoms with Crippen molar-refractivity contribution in [2.24, 2.45) is 5.73 Å². The molecule has 2 N–H and O–H groups in total. The molecule has 5 nitrogen and oxygen atoms in total. The fourth-order valence-corrected chi connectivity index (χ4v) is 0.685. The maximum Gasteiger partial charge on any atom is 0.138 e. The molecule has 0 bridgehead atoms. The summed E-state index contributed by atoms with van der Waals surface area (Å²) in [5, 5.41) is 10.7. The average Bonchev–Trinajstić information content (AvgIpc) is 2.32. The molecule has 1 aromatic rings. The van der Waals surface area contributed by atoms with E-state index in [2.05, 4.69) is 15.5 Å². The number of aromatic nitrogens is 4. The molecule has 0 aliphatic heterocycles. The third-order valence-corrected chi connectivity index (χ3v) is 1.38. The Hall–Kier alpha value is -0.970. The predicted molar refractivity (Wildman–Crippen MR) is 40.7 cm³/mol. The summed E-state index contributed by atoms with van der Waals surface area (Å²) >= 11 is 0. The summed E-state index contributed by atoms with van der Waals surface area (Å²) in [6.45, 7) is 4.74. The Labute approximate surface area is 65.6 Å². The van der Waals surface area contributed by atoms with E-state index in [0.717, 1.165) is 13.0 Å². The van der Waals surface area contributed by atoms with Crippen molar-refractivity contribution < 1.29 is 0 Å². The molecule has 0 radical (unpaired) electrons. The Balaban J connectivity index is 2.35. The van der Waals surface area contributed by atoms with Crippen molar-refractivity contribution in [3.05, 3.63) is 6.33 Å². The number of tetrazole rings is 1. The van der Waals surface area contributed by atoms with Gasteiger partial charge in [-0.1, -0.05) is 0 Å². The maximum atomic E-state index is 5.77. The van der Waals surface area contributed by atoms with E-state index in [1.807, 2.05) is 13.8 Å². The quantitative estimate of drug-likeness (QED) is 0.656. The summed E-state index contributed by atoms with van der Waals surface area (Å²) in [4.78, 5) is 0. The number of rotatable bonds is 3. The summed E-state index contributed by atoms with van der Waals surface area (Å²) < 4.78 is 1.68. The highest BCUT2D eigenvalue weighted by molar-refractivity contribution is 4.70. The number of hydrogen-bond acceptors (Lipinski definition) is 4. The number of hydrogen-bond donors (Lipinski definition) is 1. The van der Waals surface area contributed by atoms with Gasteiger partial charge in [0.25, 0.3) is 0 Å². The largest absolute Gasteiger partial charge is 0.325 e. The lowest BCUT2D eigenvalue weighted by Crippen LogP contribution is -2.33. The molecule has 0 unspecified atom stereocenters. The van der Waals surface area contributed by atoms with E-state index in [0.29, 0.717) is 0 Å². The van der Waals surface area contributed by atoms with Crippen LogP contribution in [-0.2, 0) is 6.54 Å². The van der Waals surface area contributed by atoms with E-state index < -0.39 is 0 Å². The molecule has 1 heterocycles. The highest BCUT2D eigenvalue weighted by Crippen LogP contribution is 2.03. The minimum Gasteiger partial charge on any atom is -0.325 e. The second kappa shape index (κ2) is 2.96. The van der Waals surface area contributed by atoms with Gasteiger partial charge in [0.05, 0.1) is 0 Å². The van der Waals surface area contributed by atoms with Gasteiger partial charge in [-0.25, -0.2) is 4.68 Å². The van der Waals surface area contributed by atoms with Gasteiger partial charge in [0.1, 0.15) is 6.33 Å². The molecule has 0 fully saturated rings. The van der Waals surface area contributed by atoms with Gasteiger partial charge < -0.3 is 5.73 Å². The molecular weight excluding hydrogens is 142 g/mol. The number of aryl methyl sites for hydroxylation is 1. The third kappa shape index (κ3) is 3.08. The van der Waals surface area contributed by atoms with E-state index in [4.69, 9.17) is 5.73 Å². The Kier molecular flexibility index (Phi) is 2.19. The van der Waals surface area contributed by atoms with Crippen LogP contribution < -0.4 is 5.73 Å². The van der Waals surface area contributed by atoms with Crippen LogP contribution in [0.15, 0.2) is 6.33 Å². The first-order chi connectivity index (χ1) is 5.08. The van der Waals surface area contributed by atoms with Gasteiger partial charge in [0, 0.05) is 12.1 Å². The SMILES string of the molecule is CC(C)(N)CCn1cnnn1. The minimum atomic E-state index is -0.147. The highest BCUT2D eigenvalue weighted by Gasteiger charge is 2.10. The van der Waals surface area contributed by atoms with Crippen LogP contribution in [0.4, 0.5) is 0 Å². The monoisotopic (exact) mass is 155 g/mol. The molecule has 0 saturated carbocycles. The summed E-state index contributed by atoms with van der Waals surface area (Å²) in [5.74, 6) is 0. The lowest BCUT2D eigenvalue weighted by atomic mass is 10.0. The molecule has 0 saturated heterocycles. The van der Waals surface area contributed by atoms with Crippen molar-refractivity contribution in [2.75, 3.05) is 0 Å².